The fraction of sp³-hybridized carbons (Fsp3) is 0.250. The summed E-state index contributed by atoms with van der Waals surface area (Å²) in [6, 6.07) is 18.7. The van der Waals surface area contributed by atoms with E-state index in [2.05, 4.69) is 56.3 Å². The predicted molar refractivity (Wildman–Crippen MR) is 82.2 cm³/mol. The zero-order valence-electron chi connectivity index (χ0n) is 10.7. The summed E-state index contributed by atoms with van der Waals surface area (Å²) in [4.78, 5) is 0. The van der Waals surface area contributed by atoms with Gasteiger partial charge in [0.1, 0.15) is 0 Å². The van der Waals surface area contributed by atoms with E-state index in [1.807, 2.05) is 23.9 Å². The van der Waals surface area contributed by atoms with Crippen LogP contribution in [0, 0.1) is 0 Å². The molecule has 0 aliphatic heterocycles. The molecular formula is C16H17ClS. The lowest BCUT2D eigenvalue weighted by molar-refractivity contribution is 0.781. The lowest BCUT2D eigenvalue weighted by Crippen LogP contribution is -2.12. The van der Waals surface area contributed by atoms with Crippen molar-refractivity contribution in [1.82, 2.24) is 0 Å². The second kappa shape index (κ2) is 5.81. The lowest BCUT2D eigenvalue weighted by atomic mass is 10.0. The number of hydrogen-bond donors (Lipinski definition) is 0. The van der Waals surface area contributed by atoms with Crippen LogP contribution < -0.4 is 0 Å². The number of thioether (sulfide) groups is 1. The molecule has 0 nitrogen and oxygen atoms in total. The first-order chi connectivity index (χ1) is 8.58. The van der Waals surface area contributed by atoms with E-state index in [9.17, 15) is 0 Å². The normalized spacial score (nSPS) is 11.5. The van der Waals surface area contributed by atoms with Crippen LogP contribution in [0.5, 0.6) is 0 Å². The Balaban J connectivity index is 2.05. The van der Waals surface area contributed by atoms with Gasteiger partial charge in [0.25, 0.3) is 0 Å². The molecule has 0 saturated heterocycles. The molecule has 0 bridgehead atoms. The smallest absolute Gasteiger partial charge is 0.0406 e. The van der Waals surface area contributed by atoms with Gasteiger partial charge in [-0.15, -0.1) is 11.8 Å². The Morgan fingerprint density at radius 1 is 0.944 bits per heavy atom. The van der Waals surface area contributed by atoms with Crippen LogP contribution in [0.2, 0.25) is 5.02 Å². The van der Waals surface area contributed by atoms with Crippen molar-refractivity contribution in [1.29, 1.82) is 0 Å². The van der Waals surface area contributed by atoms with Gasteiger partial charge in [-0.1, -0.05) is 54.1 Å². The summed E-state index contributed by atoms with van der Waals surface area (Å²) >= 11 is 7.88. The topological polar surface area (TPSA) is 0 Å². The molecule has 2 aromatic carbocycles. The summed E-state index contributed by atoms with van der Waals surface area (Å²) in [6.45, 7) is 4.51. The van der Waals surface area contributed by atoms with Gasteiger partial charge in [-0.3, -0.25) is 0 Å². The van der Waals surface area contributed by atoms with Crippen molar-refractivity contribution in [2.75, 3.05) is 0 Å². The molecule has 0 aliphatic rings. The molecule has 18 heavy (non-hydrogen) atoms. The van der Waals surface area contributed by atoms with E-state index < -0.39 is 0 Å². The summed E-state index contributed by atoms with van der Waals surface area (Å²) in [6.07, 6.45) is 0. The van der Waals surface area contributed by atoms with Gasteiger partial charge < -0.3 is 0 Å². The molecule has 0 spiro atoms. The average Bonchev–Trinajstić information content (AvgIpc) is 2.38. The van der Waals surface area contributed by atoms with E-state index in [0.29, 0.717) is 0 Å². The SMILES string of the molecule is CC(C)(SCc1ccccc1)c1ccc(Cl)cc1. The van der Waals surface area contributed by atoms with E-state index in [4.69, 9.17) is 11.6 Å². The molecule has 0 N–H and O–H groups in total. The summed E-state index contributed by atoms with van der Waals surface area (Å²) in [5.74, 6) is 1.02. The fourth-order valence-electron chi connectivity index (χ4n) is 1.77. The highest BCUT2D eigenvalue weighted by Crippen LogP contribution is 2.37. The van der Waals surface area contributed by atoms with Crippen molar-refractivity contribution < 1.29 is 0 Å². The van der Waals surface area contributed by atoms with Crippen LogP contribution in [-0.4, -0.2) is 0 Å². The van der Waals surface area contributed by atoms with Crippen LogP contribution in [0.3, 0.4) is 0 Å². The first kappa shape index (κ1) is 13.5. The monoisotopic (exact) mass is 276 g/mol. The largest absolute Gasteiger partial charge is 0.146 e. The molecule has 2 aromatic rings. The van der Waals surface area contributed by atoms with Gasteiger partial charge in [-0.2, -0.15) is 0 Å². The highest BCUT2D eigenvalue weighted by Gasteiger charge is 2.20. The summed E-state index contributed by atoms with van der Waals surface area (Å²) < 4.78 is 0.0976. The standard InChI is InChI=1S/C16H17ClS/c1-16(2,14-8-10-15(17)11-9-14)18-12-13-6-4-3-5-7-13/h3-11H,12H2,1-2H3. The zero-order valence-corrected chi connectivity index (χ0v) is 12.3. The van der Waals surface area contributed by atoms with Crippen molar-refractivity contribution in [2.45, 2.75) is 24.3 Å². The molecular weight excluding hydrogens is 260 g/mol. The summed E-state index contributed by atoms with van der Waals surface area (Å²) in [7, 11) is 0. The van der Waals surface area contributed by atoms with Crippen LogP contribution in [0.15, 0.2) is 54.6 Å². The van der Waals surface area contributed by atoms with Crippen molar-refractivity contribution in [3.8, 4) is 0 Å². The van der Waals surface area contributed by atoms with E-state index in [1.165, 1.54) is 11.1 Å². The summed E-state index contributed by atoms with van der Waals surface area (Å²) in [5, 5.41) is 0.794. The van der Waals surface area contributed by atoms with Gasteiger partial charge in [0.2, 0.25) is 0 Å². The number of benzene rings is 2. The third-order valence-electron chi connectivity index (χ3n) is 2.98. The molecule has 0 aromatic heterocycles. The summed E-state index contributed by atoms with van der Waals surface area (Å²) in [5.41, 5.74) is 2.68. The second-order valence-corrected chi connectivity index (χ2v) is 6.83. The van der Waals surface area contributed by atoms with Crippen LogP contribution in [-0.2, 0) is 10.5 Å². The Labute approximate surface area is 118 Å². The van der Waals surface area contributed by atoms with Crippen LogP contribution >= 0.6 is 23.4 Å². The van der Waals surface area contributed by atoms with Crippen LogP contribution in [0.1, 0.15) is 25.0 Å². The van der Waals surface area contributed by atoms with Crippen LogP contribution in [0.25, 0.3) is 0 Å². The van der Waals surface area contributed by atoms with E-state index in [0.717, 1.165) is 10.8 Å². The predicted octanol–water partition coefficient (Wildman–Crippen LogP) is 5.51. The zero-order chi connectivity index (χ0) is 13.0. The van der Waals surface area contributed by atoms with E-state index in [-0.39, 0.29) is 4.75 Å². The lowest BCUT2D eigenvalue weighted by Gasteiger charge is -2.25. The fourth-order valence-corrected chi connectivity index (χ4v) is 2.92. The van der Waals surface area contributed by atoms with Crippen molar-refractivity contribution in [3.05, 3.63) is 70.7 Å². The Morgan fingerprint density at radius 3 is 2.17 bits per heavy atom. The number of hydrogen-bond acceptors (Lipinski definition) is 1. The van der Waals surface area contributed by atoms with Crippen molar-refractivity contribution >= 4 is 23.4 Å². The molecule has 0 radical (unpaired) electrons. The highest BCUT2D eigenvalue weighted by molar-refractivity contribution is 7.99. The minimum atomic E-state index is 0.0976. The quantitative estimate of drug-likeness (QED) is 0.710. The van der Waals surface area contributed by atoms with Gasteiger partial charge in [-0.25, -0.2) is 0 Å². The molecule has 0 amide bonds. The maximum atomic E-state index is 5.93. The van der Waals surface area contributed by atoms with Crippen LogP contribution in [0.4, 0.5) is 0 Å². The molecule has 2 heteroatoms. The molecule has 0 unspecified atom stereocenters. The first-order valence-electron chi connectivity index (χ1n) is 6.02. The minimum absolute atomic E-state index is 0.0976. The maximum absolute atomic E-state index is 5.93. The van der Waals surface area contributed by atoms with E-state index >= 15 is 0 Å². The van der Waals surface area contributed by atoms with Gasteiger partial charge in [0.15, 0.2) is 0 Å². The maximum Gasteiger partial charge on any atom is 0.0406 e. The Hall–Kier alpha value is -0.920. The molecule has 94 valence electrons. The van der Waals surface area contributed by atoms with Gasteiger partial charge in [0.05, 0.1) is 0 Å². The number of rotatable bonds is 4. The molecule has 0 aliphatic carbocycles. The van der Waals surface area contributed by atoms with Gasteiger partial charge >= 0.3 is 0 Å². The van der Waals surface area contributed by atoms with Crippen molar-refractivity contribution in [3.63, 3.8) is 0 Å². The third-order valence-corrected chi connectivity index (χ3v) is 4.67. The second-order valence-electron chi connectivity index (χ2n) is 4.79. The molecule has 0 saturated carbocycles. The molecule has 2 rings (SSSR count). The highest BCUT2D eigenvalue weighted by atomic mass is 35.5. The van der Waals surface area contributed by atoms with Gasteiger partial charge in [-0.05, 0) is 37.1 Å². The molecule has 0 fully saturated rings. The van der Waals surface area contributed by atoms with Gasteiger partial charge in [0, 0.05) is 15.5 Å². The molecule has 0 atom stereocenters. The minimum Gasteiger partial charge on any atom is -0.146 e. The van der Waals surface area contributed by atoms with E-state index in [1.54, 1.807) is 0 Å². The molecule has 0 heterocycles. The Morgan fingerprint density at radius 2 is 1.56 bits per heavy atom. The first-order valence-corrected chi connectivity index (χ1v) is 7.38. The Bertz CT molecular complexity index is 488. The Kier molecular flexibility index (Phi) is 4.36. The third kappa shape index (κ3) is 3.54. The van der Waals surface area contributed by atoms with Crippen molar-refractivity contribution in [2.24, 2.45) is 0 Å². The average molecular weight is 277 g/mol. The number of halogens is 1.